The number of sulfonamides is 1. The molecule has 1 saturated heterocycles. The molecule has 1 aliphatic heterocycles. The summed E-state index contributed by atoms with van der Waals surface area (Å²) in [7, 11) is -3.52. The summed E-state index contributed by atoms with van der Waals surface area (Å²) in [6, 6.07) is 6.48. The fourth-order valence-corrected chi connectivity index (χ4v) is 4.09. The van der Waals surface area contributed by atoms with E-state index in [0.717, 1.165) is 18.4 Å². The number of ether oxygens (including phenoxy) is 2. The van der Waals surface area contributed by atoms with Gasteiger partial charge in [-0.15, -0.1) is 0 Å². The van der Waals surface area contributed by atoms with E-state index in [-0.39, 0.29) is 23.8 Å². The maximum atomic E-state index is 12.6. The monoisotopic (exact) mass is 412 g/mol. The third-order valence-electron chi connectivity index (χ3n) is 4.37. The molecule has 8 nitrogen and oxygen atoms in total. The van der Waals surface area contributed by atoms with Crippen LogP contribution in [0.3, 0.4) is 0 Å². The highest BCUT2D eigenvalue weighted by Gasteiger charge is 2.26. The molecule has 2 rings (SSSR count). The Balaban J connectivity index is 1.77. The lowest BCUT2D eigenvalue weighted by Gasteiger charge is -2.26. The second-order valence-electron chi connectivity index (χ2n) is 6.52. The van der Waals surface area contributed by atoms with E-state index in [4.69, 9.17) is 9.47 Å². The van der Waals surface area contributed by atoms with E-state index in [1.54, 1.807) is 24.3 Å². The number of nitrogens with one attached hydrogen (secondary N) is 1. The predicted molar refractivity (Wildman–Crippen MR) is 103 cm³/mol. The fourth-order valence-electron chi connectivity index (χ4n) is 2.68. The minimum absolute atomic E-state index is 0.123. The molecule has 28 heavy (non-hydrogen) atoms. The van der Waals surface area contributed by atoms with Gasteiger partial charge in [0.2, 0.25) is 10.0 Å². The van der Waals surface area contributed by atoms with Crippen molar-refractivity contribution < 1.29 is 27.5 Å². The predicted octanol–water partition coefficient (Wildman–Crippen LogP) is 1.10. The van der Waals surface area contributed by atoms with Crippen molar-refractivity contribution in [2.24, 2.45) is 0 Å². The molecule has 0 aromatic heterocycles. The third-order valence-corrected chi connectivity index (χ3v) is 6.28. The zero-order chi connectivity index (χ0) is 20.4. The average Bonchev–Trinajstić information content (AvgIpc) is 2.72. The van der Waals surface area contributed by atoms with E-state index >= 15 is 0 Å². The molecule has 0 bridgehead atoms. The summed E-state index contributed by atoms with van der Waals surface area (Å²) < 4.78 is 36.7. The number of hydrogen-bond acceptors (Lipinski definition) is 6. The Kier molecular flexibility index (Phi) is 8.88. The Morgan fingerprint density at radius 3 is 2.50 bits per heavy atom. The first-order valence-electron chi connectivity index (χ1n) is 9.52. The number of carbonyl (C=O) groups is 2. The van der Waals surface area contributed by atoms with Gasteiger partial charge >= 0.3 is 5.97 Å². The summed E-state index contributed by atoms with van der Waals surface area (Å²) in [4.78, 5) is 23.5. The maximum Gasteiger partial charge on any atom is 0.306 e. The molecule has 0 radical (unpaired) electrons. The minimum Gasteiger partial charge on any atom is -0.456 e. The van der Waals surface area contributed by atoms with Gasteiger partial charge in [0.25, 0.3) is 5.91 Å². The van der Waals surface area contributed by atoms with Gasteiger partial charge in [-0.25, -0.2) is 8.42 Å². The van der Waals surface area contributed by atoms with Crippen LogP contribution in [0.15, 0.2) is 29.2 Å². The van der Waals surface area contributed by atoms with E-state index in [1.807, 2.05) is 6.92 Å². The number of morpholine rings is 1. The second-order valence-corrected chi connectivity index (χ2v) is 8.46. The summed E-state index contributed by atoms with van der Waals surface area (Å²) in [6.45, 7) is 3.82. The average molecular weight is 413 g/mol. The summed E-state index contributed by atoms with van der Waals surface area (Å²) in [5, 5.41) is 2.68. The first-order valence-corrected chi connectivity index (χ1v) is 11.0. The Hall–Kier alpha value is -1.97. The minimum atomic E-state index is -3.52. The molecule has 156 valence electrons. The molecule has 1 amide bonds. The summed E-state index contributed by atoms with van der Waals surface area (Å²) in [5.41, 5.74) is 0.824. The largest absolute Gasteiger partial charge is 0.456 e. The number of benzene rings is 1. The second kappa shape index (κ2) is 11.1. The number of aryl methyl sites for hydroxylation is 1. The van der Waals surface area contributed by atoms with Gasteiger partial charge in [0.1, 0.15) is 0 Å². The maximum absolute atomic E-state index is 12.6. The molecule has 0 spiro atoms. The number of nitrogens with zero attached hydrogens (tertiary/aromatic N) is 1. The highest BCUT2D eigenvalue weighted by atomic mass is 32.2. The zero-order valence-electron chi connectivity index (χ0n) is 16.2. The zero-order valence-corrected chi connectivity index (χ0v) is 17.0. The highest BCUT2D eigenvalue weighted by Crippen LogP contribution is 2.18. The van der Waals surface area contributed by atoms with Crippen LogP contribution >= 0.6 is 0 Å². The Morgan fingerprint density at radius 2 is 1.86 bits per heavy atom. The summed E-state index contributed by atoms with van der Waals surface area (Å²) >= 11 is 0. The number of amides is 1. The van der Waals surface area contributed by atoms with Crippen molar-refractivity contribution in [3.8, 4) is 0 Å². The standard InChI is InChI=1S/C19H28N2O6S/c1-2-3-10-20-18(22)15-27-19(23)9-6-16-4-7-17(8-5-16)28(24,25)21-11-13-26-14-12-21/h4-5,7-8H,2-3,6,9-15H2,1H3,(H,20,22). The van der Waals surface area contributed by atoms with Crippen LogP contribution in [0.2, 0.25) is 0 Å². The lowest BCUT2D eigenvalue weighted by Crippen LogP contribution is -2.40. The van der Waals surface area contributed by atoms with Crippen LogP contribution in [0.5, 0.6) is 0 Å². The van der Waals surface area contributed by atoms with Crippen molar-refractivity contribution in [1.29, 1.82) is 0 Å². The number of rotatable bonds is 10. The quantitative estimate of drug-likeness (QED) is 0.456. The fraction of sp³-hybridized carbons (Fsp3) is 0.579. The van der Waals surface area contributed by atoms with Gasteiger partial charge in [-0.1, -0.05) is 25.5 Å². The van der Waals surface area contributed by atoms with Crippen molar-refractivity contribution in [2.75, 3.05) is 39.5 Å². The van der Waals surface area contributed by atoms with Crippen LogP contribution in [0.4, 0.5) is 0 Å². The highest BCUT2D eigenvalue weighted by molar-refractivity contribution is 7.89. The topological polar surface area (TPSA) is 102 Å². The van der Waals surface area contributed by atoms with Gasteiger partial charge < -0.3 is 14.8 Å². The van der Waals surface area contributed by atoms with Gasteiger partial charge in [-0.3, -0.25) is 9.59 Å². The lowest BCUT2D eigenvalue weighted by atomic mass is 10.1. The smallest absolute Gasteiger partial charge is 0.306 e. The van der Waals surface area contributed by atoms with Crippen LogP contribution in [0, 0.1) is 0 Å². The van der Waals surface area contributed by atoms with E-state index < -0.39 is 16.0 Å². The molecule has 0 aliphatic carbocycles. The number of carbonyl (C=O) groups excluding carboxylic acids is 2. The molecule has 1 heterocycles. The number of esters is 1. The molecular formula is C19H28N2O6S. The first-order chi connectivity index (χ1) is 13.4. The van der Waals surface area contributed by atoms with Crippen LogP contribution in [0.1, 0.15) is 31.7 Å². The summed E-state index contributed by atoms with van der Waals surface area (Å²) in [5.74, 6) is -0.768. The normalized spacial score (nSPS) is 15.2. The first kappa shape index (κ1) is 22.3. The molecular weight excluding hydrogens is 384 g/mol. The molecule has 1 aromatic carbocycles. The van der Waals surface area contributed by atoms with Crippen molar-refractivity contribution in [2.45, 2.75) is 37.5 Å². The summed E-state index contributed by atoms with van der Waals surface area (Å²) in [6.07, 6.45) is 2.40. The van der Waals surface area contributed by atoms with Gasteiger partial charge in [-0.2, -0.15) is 4.31 Å². The van der Waals surface area contributed by atoms with E-state index in [9.17, 15) is 18.0 Å². The Morgan fingerprint density at radius 1 is 1.18 bits per heavy atom. The van der Waals surface area contributed by atoms with E-state index in [2.05, 4.69) is 5.32 Å². The van der Waals surface area contributed by atoms with Crippen molar-refractivity contribution in [3.63, 3.8) is 0 Å². The number of hydrogen-bond donors (Lipinski definition) is 1. The van der Waals surface area contributed by atoms with Gasteiger partial charge in [0.15, 0.2) is 6.61 Å². The van der Waals surface area contributed by atoms with Gasteiger partial charge in [0, 0.05) is 26.1 Å². The molecule has 1 aromatic rings. The van der Waals surface area contributed by atoms with Crippen molar-refractivity contribution >= 4 is 21.9 Å². The van der Waals surface area contributed by atoms with Gasteiger partial charge in [-0.05, 0) is 30.5 Å². The Labute approximate surface area is 166 Å². The molecule has 1 fully saturated rings. The van der Waals surface area contributed by atoms with Crippen molar-refractivity contribution in [3.05, 3.63) is 29.8 Å². The molecule has 1 aliphatic rings. The third kappa shape index (κ3) is 6.88. The molecule has 0 atom stereocenters. The van der Waals surface area contributed by atoms with E-state index in [0.29, 0.717) is 39.3 Å². The van der Waals surface area contributed by atoms with Crippen LogP contribution in [-0.4, -0.2) is 64.1 Å². The van der Waals surface area contributed by atoms with Crippen LogP contribution < -0.4 is 5.32 Å². The SMILES string of the molecule is CCCCNC(=O)COC(=O)CCc1ccc(S(=O)(=O)N2CCOCC2)cc1. The van der Waals surface area contributed by atoms with Gasteiger partial charge in [0.05, 0.1) is 18.1 Å². The van der Waals surface area contributed by atoms with Crippen LogP contribution in [-0.2, 0) is 35.5 Å². The van der Waals surface area contributed by atoms with E-state index in [1.165, 1.54) is 4.31 Å². The number of unbranched alkanes of at least 4 members (excludes halogenated alkanes) is 1. The van der Waals surface area contributed by atoms with Crippen LogP contribution in [0.25, 0.3) is 0 Å². The molecule has 9 heteroatoms. The molecule has 0 unspecified atom stereocenters. The van der Waals surface area contributed by atoms with Crippen molar-refractivity contribution in [1.82, 2.24) is 9.62 Å². The lowest BCUT2D eigenvalue weighted by molar-refractivity contribution is -0.148. The molecule has 0 saturated carbocycles. The Bertz CT molecular complexity index is 742. The molecule has 1 N–H and O–H groups in total.